The SMILES string of the molecule is CCCCC(=O)Nc1ccc(NCCc2ccc(OC)cc2)cn1. The summed E-state index contributed by atoms with van der Waals surface area (Å²) in [4.78, 5) is 15.9. The van der Waals surface area contributed by atoms with Gasteiger partial charge in [0, 0.05) is 13.0 Å². The van der Waals surface area contributed by atoms with Crippen molar-refractivity contribution >= 4 is 17.4 Å². The Balaban J connectivity index is 1.75. The predicted octanol–water partition coefficient (Wildman–Crippen LogP) is 3.87. The lowest BCUT2D eigenvalue weighted by molar-refractivity contribution is -0.116. The van der Waals surface area contributed by atoms with Crippen molar-refractivity contribution in [2.24, 2.45) is 0 Å². The monoisotopic (exact) mass is 327 g/mol. The summed E-state index contributed by atoms with van der Waals surface area (Å²) in [6, 6.07) is 11.8. The quantitative estimate of drug-likeness (QED) is 0.734. The Hall–Kier alpha value is -2.56. The number of methoxy groups -OCH3 is 1. The van der Waals surface area contributed by atoms with Gasteiger partial charge in [0.05, 0.1) is 19.0 Å². The maximum absolute atomic E-state index is 11.7. The molecule has 0 saturated heterocycles. The van der Waals surface area contributed by atoms with E-state index in [1.54, 1.807) is 13.3 Å². The molecule has 5 heteroatoms. The van der Waals surface area contributed by atoms with Crippen molar-refractivity contribution in [3.63, 3.8) is 0 Å². The van der Waals surface area contributed by atoms with Crippen LogP contribution in [-0.4, -0.2) is 24.5 Å². The van der Waals surface area contributed by atoms with Gasteiger partial charge in [-0.2, -0.15) is 0 Å². The smallest absolute Gasteiger partial charge is 0.225 e. The van der Waals surface area contributed by atoms with Gasteiger partial charge in [-0.1, -0.05) is 25.5 Å². The second-order valence-electron chi connectivity index (χ2n) is 5.61. The van der Waals surface area contributed by atoms with Crippen molar-refractivity contribution in [3.05, 3.63) is 48.2 Å². The zero-order valence-electron chi connectivity index (χ0n) is 14.3. The van der Waals surface area contributed by atoms with E-state index in [0.717, 1.165) is 37.2 Å². The van der Waals surface area contributed by atoms with E-state index < -0.39 is 0 Å². The van der Waals surface area contributed by atoms with Crippen molar-refractivity contribution < 1.29 is 9.53 Å². The second kappa shape index (κ2) is 9.55. The van der Waals surface area contributed by atoms with E-state index in [2.05, 4.69) is 34.7 Å². The van der Waals surface area contributed by atoms with Crippen LogP contribution < -0.4 is 15.4 Å². The van der Waals surface area contributed by atoms with Crippen molar-refractivity contribution in [3.8, 4) is 5.75 Å². The maximum atomic E-state index is 11.7. The number of nitrogens with zero attached hydrogens (tertiary/aromatic N) is 1. The summed E-state index contributed by atoms with van der Waals surface area (Å²) in [7, 11) is 1.67. The first kappa shape index (κ1) is 17.8. The average Bonchev–Trinajstić information content (AvgIpc) is 2.62. The van der Waals surface area contributed by atoms with Gasteiger partial charge < -0.3 is 15.4 Å². The summed E-state index contributed by atoms with van der Waals surface area (Å²) in [5.74, 6) is 1.48. The second-order valence-corrected chi connectivity index (χ2v) is 5.61. The summed E-state index contributed by atoms with van der Waals surface area (Å²) in [5, 5.41) is 6.14. The fourth-order valence-electron chi connectivity index (χ4n) is 2.26. The van der Waals surface area contributed by atoms with Crippen LogP contribution in [0.5, 0.6) is 5.75 Å². The normalized spacial score (nSPS) is 10.2. The summed E-state index contributed by atoms with van der Waals surface area (Å²) in [5.41, 5.74) is 2.19. The third-order valence-corrected chi connectivity index (χ3v) is 3.69. The highest BCUT2D eigenvalue weighted by molar-refractivity contribution is 5.89. The molecule has 2 N–H and O–H groups in total. The minimum absolute atomic E-state index is 0.0181. The van der Waals surface area contributed by atoms with E-state index in [-0.39, 0.29) is 5.91 Å². The molecule has 0 aliphatic heterocycles. The molecule has 1 amide bonds. The minimum atomic E-state index is 0.0181. The number of carbonyl (C=O) groups is 1. The molecule has 2 aromatic rings. The molecule has 1 aromatic carbocycles. The van der Waals surface area contributed by atoms with Crippen LogP contribution in [0.15, 0.2) is 42.6 Å². The standard InChI is InChI=1S/C19H25N3O2/c1-3-4-5-19(23)22-18-11-8-16(14-21-18)20-13-12-15-6-9-17(24-2)10-7-15/h6-11,14,20H,3-5,12-13H2,1-2H3,(H,21,22,23). The molecule has 0 fully saturated rings. The van der Waals surface area contributed by atoms with Crippen molar-refractivity contribution in [1.82, 2.24) is 4.98 Å². The first-order chi connectivity index (χ1) is 11.7. The lowest BCUT2D eigenvalue weighted by Crippen LogP contribution is -2.12. The van der Waals surface area contributed by atoms with Crippen molar-refractivity contribution in [1.29, 1.82) is 0 Å². The van der Waals surface area contributed by atoms with E-state index in [9.17, 15) is 4.79 Å². The van der Waals surface area contributed by atoms with E-state index in [0.29, 0.717) is 12.2 Å². The number of carbonyl (C=O) groups excluding carboxylic acids is 1. The van der Waals surface area contributed by atoms with Gasteiger partial charge in [-0.25, -0.2) is 4.98 Å². The van der Waals surface area contributed by atoms with Gasteiger partial charge in [0.25, 0.3) is 0 Å². The Kier molecular flexibility index (Phi) is 7.08. The zero-order valence-corrected chi connectivity index (χ0v) is 14.3. The molecule has 128 valence electrons. The number of benzene rings is 1. The largest absolute Gasteiger partial charge is 0.497 e. The predicted molar refractivity (Wildman–Crippen MR) is 97.6 cm³/mol. The van der Waals surface area contributed by atoms with Gasteiger partial charge in [-0.3, -0.25) is 4.79 Å². The van der Waals surface area contributed by atoms with Crippen LogP contribution in [0.25, 0.3) is 0 Å². The topological polar surface area (TPSA) is 63.2 Å². The molecule has 2 rings (SSSR count). The van der Waals surface area contributed by atoms with Crippen LogP contribution in [0.4, 0.5) is 11.5 Å². The number of amides is 1. The van der Waals surface area contributed by atoms with Gasteiger partial charge in [-0.05, 0) is 42.7 Å². The molecule has 0 unspecified atom stereocenters. The number of pyridine rings is 1. The van der Waals surface area contributed by atoms with E-state index in [4.69, 9.17) is 4.74 Å². The minimum Gasteiger partial charge on any atom is -0.497 e. The van der Waals surface area contributed by atoms with Gasteiger partial charge in [0.15, 0.2) is 0 Å². The van der Waals surface area contributed by atoms with Crippen LogP contribution in [0.1, 0.15) is 31.7 Å². The van der Waals surface area contributed by atoms with Crippen LogP contribution >= 0.6 is 0 Å². The molecule has 5 nitrogen and oxygen atoms in total. The van der Waals surface area contributed by atoms with Crippen LogP contribution in [0, 0.1) is 0 Å². The summed E-state index contributed by atoms with van der Waals surface area (Å²) in [6.45, 7) is 2.88. The molecule has 0 aliphatic rings. The Bertz CT molecular complexity index is 624. The Morgan fingerprint density at radius 1 is 1.17 bits per heavy atom. The van der Waals surface area contributed by atoms with Gasteiger partial charge in [-0.15, -0.1) is 0 Å². The fourth-order valence-corrected chi connectivity index (χ4v) is 2.26. The number of nitrogens with one attached hydrogen (secondary N) is 2. The number of hydrogen-bond donors (Lipinski definition) is 2. The van der Waals surface area contributed by atoms with Crippen molar-refractivity contribution in [2.75, 3.05) is 24.3 Å². The number of rotatable bonds is 9. The Morgan fingerprint density at radius 3 is 2.58 bits per heavy atom. The molecular weight excluding hydrogens is 302 g/mol. The number of hydrogen-bond acceptors (Lipinski definition) is 4. The molecular formula is C19H25N3O2. The molecule has 0 saturated carbocycles. The molecule has 0 spiro atoms. The Labute approximate surface area is 143 Å². The maximum Gasteiger partial charge on any atom is 0.225 e. The molecule has 0 aliphatic carbocycles. The zero-order chi connectivity index (χ0) is 17.2. The third kappa shape index (κ3) is 5.91. The molecule has 0 atom stereocenters. The highest BCUT2D eigenvalue weighted by Gasteiger charge is 2.02. The number of anilines is 2. The van der Waals surface area contributed by atoms with Crippen LogP contribution in [0.3, 0.4) is 0 Å². The first-order valence-corrected chi connectivity index (χ1v) is 8.34. The number of ether oxygens (including phenoxy) is 1. The van der Waals surface area contributed by atoms with Crippen LogP contribution in [0.2, 0.25) is 0 Å². The molecule has 1 aromatic heterocycles. The summed E-state index contributed by atoms with van der Waals surface area (Å²) in [6.07, 6.45) is 5.11. The summed E-state index contributed by atoms with van der Waals surface area (Å²) < 4.78 is 5.15. The molecule has 24 heavy (non-hydrogen) atoms. The van der Waals surface area contributed by atoms with Gasteiger partial charge >= 0.3 is 0 Å². The Morgan fingerprint density at radius 2 is 1.96 bits per heavy atom. The lowest BCUT2D eigenvalue weighted by atomic mass is 10.1. The molecule has 1 heterocycles. The van der Waals surface area contributed by atoms with E-state index in [1.807, 2.05) is 24.3 Å². The van der Waals surface area contributed by atoms with Crippen molar-refractivity contribution in [2.45, 2.75) is 32.6 Å². The average molecular weight is 327 g/mol. The van der Waals surface area contributed by atoms with Gasteiger partial charge in [0.1, 0.15) is 11.6 Å². The molecule has 0 bridgehead atoms. The number of aromatic nitrogens is 1. The van der Waals surface area contributed by atoms with Crippen LogP contribution in [-0.2, 0) is 11.2 Å². The highest BCUT2D eigenvalue weighted by atomic mass is 16.5. The van der Waals surface area contributed by atoms with E-state index in [1.165, 1.54) is 5.56 Å². The lowest BCUT2D eigenvalue weighted by Gasteiger charge is -2.08. The van der Waals surface area contributed by atoms with Gasteiger partial charge in [0.2, 0.25) is 5.91 Å². The fraction of sp³-hybridized carbons (Fsp3) is 0.368. The summed E-state index contributed by atoms with van der Waals surface area (Å²) >= 11 is 0. The highest BCUT2D eigenvalue weighted by Crippen LogP contribution is 2.13. The third-order valence-electron chi connectivity index (χ3n) is 3.69. The first-order valence-electron chi connectivity index (χ1n) is 8.34. The van der Waals surface area contributed by atoms with E-state index >= 15 is 0 Å². The number of unbranched alkanes of at least 4 members (excludes halogenated alkanes) is 1. The molecule has 0 radical (unpaired) electrons.